The lowest BCUT2D eigenvalue weighted by Gasteiger charge is -1.79. The molecule has 0 bridgehead atoms. The number of aliphatic hydroxyl groups is 1. The third-order valence-electron chi connectivity index (χ3n) is 0.630. The molecule has 42 valence electrons. The van der Waals surface area contributed by atoms with Gasteiger partial charge in [0.05, 0.1) is 7.98 Å². The van der Waals surface area contributed by atoms with Crippen LogP contribution in [0.5, 0.6) is 0 Å². The summed E-state index contributed by atoms with van der Waals surface area (Å²) in [4.78, 5) is 0. The van der Waals surface area contributed by atoms with E-state index in [1.807, 2.05) is 6.92 Å². The number of rotatable bonds is 3. The van der Waals surface area contributed by atoms with Gasteiger partial charge in [-0.1, -0.05) is 25.5 Å². The first-order chi connectivity index (χ1) is 3.81. The number of hydrogen-bond acceptors (Lipinski definition) is 1. The average molecular weight is 101 g/mol. The fourth-order valence-corrected chi connectivity index (χ4v) is 0.311. The minimum atomic E-state index is -0.00116. The van der Waals surface area contributed by atoms with Gasteiger partial charge in [-0.25, -0.2) is 0 Å². The van der Waals surface area contributed by atoms with E-state index in [-0.39, 0.29) is 6.61 Å². The zero-order chi connectivity index (χ0) is 6.41. The molecule has 0 heterocycles. The summed E-state index contributed by atoms with van der Waals surface area (Å²) in [5.74, 6) is 0. The first-order valence-corrected chi connectivity index (χ1v) is 2.57. The first-order valence-electron chi connectivity index (χ1n) is 3.07. The van der Waals surface area contributed by atoms with E-state index in [4.69, 9.17) is 6.48 Å². The van der Waals surface area contributed by atoms with E-state index >= 15 is 0 Å². The van der Waals surface area contributed by atoms with Gasteiger partial charge in [0.2, 0.25) is 0 Å². The Balaban J connectivity index is 3.29. The molecule has 0 fully saturated rings. The molecule has 1 heteroatoms. The second-order valence-corrected chi connectivity index (χ2v) is 1.34. The molecule has 0 radical (unpaired) electrons. The largest absolute Gasteiger partial charge is 0.392 e. The fourth-order valence-electron chi connectivity index (χ4n) is 0.311. The lowest BCUT2D eigenvalue weighted by Crippen LogP contribution is -1.69. The molecule has 0 aliphatic rings. The topological polar surface area (TPSA) is 20.2 Å². The molecular weight excluding hydrogens is 88.1 g/mol. The van der Waals surface area contributed by atoms with Crippen LogP contribution in [0.15, 0.2) is 12.1 Å². The summed E-state index contributed by atoms with van der Waals surface area (Å²) in [7, 11) is 0. The molecule has 0 rings (SSSR count). The highest BCUT2D eigenvalue weighted by molar-refractivity contribution is 4.79. The smallest absolute Gasteiger partial charge is 0.0612 e. The van der Waals surface area contributed by atoms with E-state index in [2.05, 4.69) is 0 Å². The quantitative estimate of drug-likeness (QED) is 0.532. The summed E-state index contributed by atoms with van der Waals surface area (Å²) in [6.45, 7) is 2.01. The summed E-state index contributed by atoms with van der Waals surface area (Å²) in [6, 6.07) is 0.537. The Labute approximate surface area is 46.1 Å². The van der Waals surface area contributed by atoms with Gasteiger partial charge in [0.15, 0.2) is 0 Å². The highest BCUT2D eigenvalue weighted by atomic mass is 16.2. The normalized spacial score (nSPS) is 14.0. The molecular formula is C6H12O. The molecule has 7 heavy (non-hydrogen) atoms. The molecule has 0 atom stereocenters. The maximum absolute atomic E-state index is 8.27. The molecule has 0 aliphatic carbocycles. The van der Waals surface area contributed by atoms with Gasteiger partial charge in [-0.2, -0.15) is 0 Å². The molecule has 0 unspecified atom stereocenters. The summed E-state index contributed by atoms with van der Waals surface area (Å²) < 4.78 is 7.07. The van der Waals surface area contributed by atoms with E-state index in [0.29, 0.717) is 6.05 Å². The van der Waals surface area contributed by atoms with Crippen molar-refractivity contribution in [2.24, 2.45) is 0 Å². The predicted octanol–water partition coefficient (Wildman–Crippen LogP) is 1.33. The molecule has 0 aromatic carbocycles. The van der Waals surface area contributed by atoms with E-state index in [1.165, 1.54) is 6.08 Å². The standard InChI is InChI=1S/C6H12O/c1-2-3-4-5-6-7/h4-5,7H,2-3,6H2,1H3/i4D. The number of aliphatic hydroxyl groups excluding tert-OH is 1. The minimum absolute atomic E-state index is 0.00116. The molecule has 0 aromatic rings. The monoisotopic (exact) mass is 101 g/mol. The van der Waals surface area contributed by atoms with E-state index in [9.17, 15) is 0 Å². The minimum Gasteiger partial charge on any atom is -0.392 e. The van der Waals surface area contributed by atoms with Gasteiger partial charge in [0.1, 0.15) is 0 Å². The highest BCUT2D eigenvalue weighted by Crippen LogP contribution is 1.85. The van der Waals surface area contributed by atoms with Crippen LogP contribution in [0.2, 0.25) is 0 Å². The summed E-state index contributed by atoms with van der Waals surface area (Å²) in [5.41, 5.74) is 0. The molecule has 0 saturated carbocycles. The zero-order valence-electron chi connectivity index (χ0n) is 5.65. The molecule has 1 nitrogen and oxygen atoms in total. The van der Waals surface area contributed by atoms with Crippen molar-refractivity contribution >= 4 is 0 Å². The Morgan fingerprint density at radius 3 is 3.00 bits per heavy atom. The van der Waals surface area contributed by atoms with Gasteiger partial charge in [-0.15, -0.1) is 0 Å². The van der Waals surface area contributed by atoms with E-state index in [0.717, 1.165) is 12.8 Å². The number of hydrogen-bond donors (Lipinski definition) is 1. The van der Waals surface area contributed by atoms with Crippen molar-refractivity contribution in [3.8, 4) is 0 Å². The maximum Gasteiger partial charge on any atom is 0.0612 e. The second kappa shape index (κ2) is 5.70. The van der Waals surface area contributed by atoms with Crippen LogP contribution in [0.1, 0.15) is 21.1 Å². The van der Waals surface area contributed by atoms with E-state index in [1.54, 1.807) is 0 Å². The molecule has 0 aliphatic heterocycles. The van der Waals surface area contributed by atoms with Crippen LogP contribution >= 0.6 is 0 Å². The van der Waals surface area contributed by atoms with Crippen LogP contribution < -0.4 is 0 Å². The van der Waals surface area contributed by atoms with Crippen LogP contribution in [0.25, 0.3) is 0 Å². The van der Waals surface area contributed by atoms with E-state index < -0.39 is 0 Å². The highest BCUT2D eigenvalue weighted by Gasteiger charge is 1.68. The Morgan fingerprint density at radius 2 is 2.57 bits per heavy atom. The van der Waals surface area contributed by atoms with Gasteiger partial charge < -0.3 is 5.11 Å². The Hall–Kier alpha value is -0.300. The Kier molecular flexibility index (Phi) is 3.95. The molecule has 0 aromatic heterocycles. The first kappa shape index (κ1) is 4.85. The summed E-state index contributed by atoms with van der Waals surface area (Å²) in [5, 5.41) is 8.27. The van der Waals surface area contributed by atoms with Gasteiger partial charge in [0, 0.05) is 0 Å². The van der Waals surface area contributed by atoms with Crippen LogP contribution in [0.4, 0.5) is 0 Å². The fraction of sp³-hybridized carbons (Fsp3) is 0.667. The van der Waals surface area contributed by atoms with Gasteiger partial charge in [-0.05, 0) is 6.42 Å². The predicted molar refractivity (Wildman–Crippen MR) is 31.1 cm³/mol. The maximum atomic E-state index is 8.27. The second-order valence-electron chi connectivity index (χ2n) is 1.34. The SMILES string of the molecule is [2H]C(=CCO)CCC. The summed E-state index contributed by atoms with van der Waals surface area (Å²) >= 11 is 0. The van der Waals surface area contributed by atoms with Crippen molar-refractivity contribution in [3.63, 3.8) is 0 Å². The summed E-state index contributed by atoms with van der Waals surface area (Å²) in [6.07, 6.45) is 3.28. The number of allylic oxidation sites excluding steroid dienone is 1. The average Bonchev–Trinajstić information content (AvgIpc) is 1.68. The van der Waals surface area contributed by atoms with Crippen LogP contribution in [-0.2, 0) is 0 Å². The Bertz CT molecular complexity index is 78.6. The van der Waals surface area contributed by atoms with Gasteiger partial charge in [0.25, 0.3) is 0 Å². The van der Waals surface area contributed by atoms with Crippen LogP contribution in [0.3, 0.4) is 0 Å². The van der Waals surface area contributed by atoms with Crippen molar-refractivity contribution < 1.29 is 6.48 Å². The van der Waals surface area contributed by atoms with Crippen molar-refractivity contribution in [2.75, 3.05) is 6.61 Å². The van der Waals surface area contributed by atoms with Crippen LogP contribution in [0, 0.1) is 0 Å². The molecule has 0 saturated heterocycles. The molecule has 0 amide bonds. The van der Waals surface area contributed by atoms with Crippen molar-refractivity contribution in [1.29, 1.82) is 0 Å². The van der Waals surface area contributed by atoms with Crippen molar-refractivity contribution in [2.45, 2.75) is 19.8 Å². The lowest BCUT2D eigenvalue weighted by molar-refractivity contribution is 0.342. The van der Waals surface area contributed by atoms with Gasteiger partial charge >= 0.3 is 0 Å². The molecule has 0 spiro atoms. The van der Waals surface area contributed by atoms with Gasteiger partial charge in [-0.3, -0.25) is 0 Å². The van der Waals surface area contributed by atoms with Crippen molar-refractivity contribution in [1.82, 2.24) is 0 Å². The van der Waals surface area contributed by atoms with Crippen molar-refractivity contribution in [3.05, 3.63) is 12.1 Å². The Morgan fingerprint density at radius 1 is 1.86 bits per heavy atom. The lowest BCUT2D eigenvalue weighted by atomic mass is 10.3. The molecule has 1 N–H and O–H groups in total. The third-order valence-corrected chi connectivity index (χ3v) is 0.630. The third kappa shape index (κ3) is 5.70. The zero-order valence-corrected chi connectivity index (χ0v) is 4.65. The van der Waals surface area contributed by atoms with Crippen LogP contribution in [-0.4, -0.2) is 11.7 Å².